The summed E-state index contributed by atoms with van der Waals surface area (Å²) in [4.78, 5) is 8.93. The maximum absolute atomic E-state index is 5.42. The second kappa shape index (κ2) is 7.69. The Bertz CT molecular complexity index is 1130. The van der Waals surface area contributed by atoms with Gasteiger partial charge in [0.05, 0.1) is 19.9 Å². The largest absolute Gasteiger partial charge is 0.497 e. The second-order valence-electron chi connectivity index (χ2n) is 5.66. The fourth-order valence-corrected chi connectivity index (χ4v) is 2.95. The van der Waals surface area contributed by atoms with Crippen molar-refractivity contribution < 1.29 is 14.1 Å². The van der Waals surface area contributed by atoms with E-state index in [2.05, 4.69) is 46.8 Å². The monoisotopic (exact) mass is 442 g/mol. The lowest BCUT2D eigenvalue weighted by atomic mass is 10.2. The molecule has 0 spiro atoms. The van der Waals surface area contributed by atoms with E-state index in [1.165, 1.54) is 0 Å². The molecule has 0 fully saturated rings. The third kappa shape index (κ3) is 3.67. The molecule has 4 aromatic rings. The van der Waals surface area contributed by atoms with Crippen LogP contribution in [0.25, 0.3) is 11.3 Å². The number of methoxy groups -OCH3 is 2. The first-order chi connectivity index (χ1) is 13.7. The van der Waals surface area contributed by atoms with Crippen LogP contribution in [0.5, 0.6) is 11.5 Å². The summed E-state index contributed by atoms with van der Waals surface area (Å²) < 4.78 is 16.4. The molecular formula is C18H15BrN6O3. The van der Waals surface area contributed by atoms with Gasteiger partial charge in [-0.3, -0.25) is 0 Å². The first kappa shape index (κ1) is 18.0. The first-order valence-electron chi connectivity index (χ1n) is 8.18. The Morgan fingerprint density at radius 1 is 0.893 bits per heavy atom. The molecule has 2 heterocycles. The molecule has 2 N–H and O–H groups in total. The van der Waals surface area contributed by atoms with Gasteiger partial charge in [0.2, 0.25) is 11.3 Å². The van der Waals surface area contributed by atoms with E-state index >= 15 is 0 Å². The van der Waals surface area contributed by atoms with Crippen LogP contribution < -0.4 is 20.1 Å². The highest BCUT2D eigenvalue weighted by Crippen LogP contribution is 2.34. The lowest BCUT2D eigenvalue weighted by molar-refractivity contribution is 0.314. The molecular weight excluding hydrogens is 428 g/mol. The minimum Gasteiger partial charge on any atom is -0.497 e. The molecule has 0 aliphatic carbocycles. The zero-order valence-electron chi connectivity index (χ0n) is 14.9. The van der Waals surface area contributed by atoms with Crippen molar-refractivity contribution in [3.63, 3.8) is 0 Å². The topological polar surface area (TPSA) is 107 Å². The number of hydrogen-bond acceptors (Lipinski definition) is 9. The van der Waals surface area contributed by atoms with Crippen molar-refractivity contribution in [3.8, 4) is 11.5 Å². The number of benzene rings is 2. The fraction of sp³-hybridized carbons (Fsp3) is 0.111. The molecule has 142 valence electrons. The third-order valence-corrected chi connectivity index (χ3v) is 4.35. The second-order valence-corrected chi connectivity index (χ2v) is 6.57. The molecule has 0 saturated heterocycles. The van der Waals surface area contributed by atoms with Crippen LogP contribution in [0, 0.1) is 0 Å². The molecule has 0 aliphatic heterocycles. The van der Waals surface area contributed by atoms with Gasteiger partial charge >= 0.3 is 0 Å². The standard InChI is InChI=1S/C18H15BrN6O3/c1-26-12-6-7-14(27-2)13(9-12)21-16-15(20-11-5-3-4-10(19)8-11)22-17-18(23-16)25-28-24-17/h3-9H,1-2H3,(H,20,22,24)(H,21,23,25). The maximum Gasteiger partial charge on any atom is 0.245 e. The van der Waals surface area contributed by atoms with Gasteiger partial charge in [0.25, 0.3) is 0 Å². The van der Waals surface area contributed by atoms with E-state index in [0.29, 0.717) is 34.5 Å². The average molecular weight is 443 g/mol. The number of nitrogens with one attached hydrogen (secondary N) is 2. The van der Waals surface area contributed by atoms with Crippen LogP contribution in [-0.2, 0) is 0 Å². The number of halogens is 1. The van der Waals surface area contributed by atoms with E-state index in [9.17, 15) is 0 Å². The predicted molar refractivity (Wildman–Crippen MR) is 108 cm³/mol. The van der Waals surface area contributed by atoms with Crippen molar-refractivity contribution >= 4 is 50.2 Å². The highest BCUT2D eigenvalue weighted by molar-refractivity contribution is 9.10. The first-order valence-corrected chi connectivity index (χ1v) is 8.97. The molecule has 4 rings (SSSR count). The quantitative estimate of drug-likeness (QED) is 0.452. The van der Waals surface area contributed by atoms with Crippen LogP contribution in [0.2, 0.25) is 0 Å². The Morgan fingerprint density at radius 2 is 1.64 bits per heavy atom. The molecule has 28 heavy (non-hydrogen) atoms. The van der Waals surface area contributed by atoms with Gasteiger partial charge in [-0.25, -0.2) is 14.6 Å². The van der Waals surface area contributed by atoms with Crippen molar-refractivity contribution in [2.24, 2.45) is 0 Å². The van der Waals surface area contributed by atoms with Gasteiger partial charge in [-0.2, -0.15) is 0 Å². The Balaban J connectivity index is 1.77. The molecule has 2 aromatic carbocycles. The number of anilines is 4. The van der Waals surface area contributed by atoms with Crippen LogP contribution in [0.15, 0.2) is 51.6 Å². The van der Waals surface area contributed by atoms with Gasteiger partial charge < -0.3 is 20.1 Å². The average Bonchev–Trinajstić information content (AvgIpc) is 3.15. The van der Waals surface area contributed by atoms with E-state index in [4.69, 9.17) is 14.1 Å². The number of nitrogens with zero attached hydrogens (tertiary/aromatic N) is 4. The van der Waals surface area contributed by atoms with Crippen LogP contribution in [0.1, 0.15) is 0 Å². The summed E-state index contributed by atoms with van der Waals surface area (Å²) in [6, 6.07) is 13.1. The number of fused-ring (bicyclic) bond motifs is 1. The summed E-state index contributed by atoms with van der Waals surface area (Å²) in [7, 11) is 3.18. The highest BCUT2D eigenvalue weighted by atomic mass is 79.9. The van der Waals surface area contributed by atoms with Crippen molar-refractivity contribution in [1.82, 2.24) is 20.3 Å². The smallest absolute Gasteiger partial charge is 0.245 e. The normalized spacial score (nSPS) is 10.7. The number of aromatic nitrogens is 4. The summed E-state index contributed by atoms with van der Waals surface area (Å²) in [5, 5.41) is 14.0. The summed E-state index contributed by atoms with van der Waals surface area (Å²) in [5.41, 5.74) is 2.05. The summed E-state index contributed by atoms with van der Waals surface area (Å²) in [6.07, 6.45) is 0. The van der Waals surface area contributed by atoms with E-state index in [1.807, 2.05) is 24.3 Å². The number of ether oxygens (including phenoxy) is 2. The molecule has 0 unspecified atom stereocenters. The third-order valence-electron chi connectivity index (χ3n) is 3.86. The number of hydrogen-bond donors (Lipinski definition) is 2. The van der Waals surface area contributed by atoms with Crippen LogP contribution in [-0.4, -0.2) is 34.5 Å². The highest BCUT2D eigenvalue weighted by Gasteiger charge is 2.15. The van der Waals surface area contributed by atoms with E-state index < -0.39 is 0 Å². The zero-order chi connectivity index (χ0) is 19.5. The molecule has 0 saturated carbocycles. The van der Waals surface area contributed by atoms with Crippen molar-refractivity contribution in [1.29, 1.82) is 0 Å². The Labute approximate surface area is 168 Å². The Kier molecular flexibility index (Phi) is 4.94. The summed E-state index contributed by atoms with van der Waals surface area (Å²) in [6.45, 7) is 0. The van der Waals surface area contributed by atoms with Crippen LogP contribution in [0.3, 0.4) is 0 Å². The van der Waals surface area contributed by atoms with Gasteiger partial charge in [0, 0.05) is 16.2 Å². The lowest BCUT2D eigenvalue weighted by Gasteiger charge is -2.15. The molecule has 0 bridgehead atoms. The number of rotatable bonds is 6. The van der Waals surface area contributed by atoms with E-state index in [-0.39, 0.29) is 5.65 Å². The van der Waals surface area contributed by atoms with Crippen LogP contribution in [0.4, 0.5) is 23.0 Å². The van der Waals surface area contributed by atoms with Gasteiger partial charge in [-0.15, -0.1) is 0 Å². The fourth-order valence-electron chi connectivity index (χ4n) is 2.55. The van der Waals surface area contributed by atoms with Crippen molar-refractivity contribution in [2.75, 3.05) is 24.9 Å². The molecule has 10 heteroatoms. The van der Waals surface area contributed by atoms with Crippen LogP contribution >= 0.6 is 15.9 Å². The van der Waals surface area contributed by atoms with Gasteiger partial charge in [-0.05, 0) is 40.6 Å². The Morgan fingerprint density at radius 3 is 2.32 bits per heavy atom. The van der Waals surface area contributed by atoms with Gasteiger partial charge in [0.15, 0.2) is 11.6 Å². The molecule has 0 aliphatic rings. The summed E-state index contributed by atoms with van der Waals surface area (Å²) in [5.74, 6) is 2.16. The van der Waals surface area contributed by atoms with E-state index in [1.54, 1.807) is 32.4 Å². The molecule has 9 nitrogen and oxygen atoms in total. The van der Waals surface area contributed by atoms with Crippen molar-refractivity contribution in [2.45, 2.75) is 0 Å². The van der Waals surface area contributed by atoms with Crippen molar-refractivity contribution in [3.05, 3.63) is 46.9 Å². The minimum atomic E-state index is 0.282. The SMILES string of the molecule is COc1ccc(OC)c(Nc2nc3nonc3nc2Nc2cccc(Br)c2)c1. The molecule has 0 amide bonds. The maximum atomic E-state index is 5.42. The minimum absolute atomic E-state index is 0.282. The van der Waals surface area contributed by atoms with Gasteiger partial charge in [0.1, 0.15) is 11.5 Å². The lowest BCUT2D eigenvalue weighted by Crippen LogP contribution is -2.04. The van der Waals surface area contributed by atoms with Gasteiger partial charge in [-0.1, -0.05) is 22.0 Å². The van der Waals surface area contributed by atoms with E-state index in [0.717, 1.165) is 10.2 Å². The zero-order valence-corrected chi connectivity index (χ0v) is 16.5. The molecule has 0 atom stereocenters. The molecule has 0 radical (unpaired) electrons. The predicted octanol–water partition coefficient (Wildman–Crippen LogP) is 4.28. The molecule has 2 aromatic heterocycles. The Hall–Kier alpha value is -3.40. The summed E-state index contributed by atoms with van der Waals surface area (Å²) >= 11 is 3.46.